The standard InChI is InChI=1S/C18H29N5O/c1-13-16(21-17(24)15-7-5-4-6-8-15)14(2)20-18(19-13)23-11-9-22(3)10-12-23/h15H,4-12H2,1-3H3,(H,21,24). The second-order valence-electron chi connectivity index (χ2n) is 7.18. The Hall–Kier alpha value is -1.69. The molecule has 24 heavy (non-hydrogen) atoms. The lowest BCUT2D eigenvalue weighted by molar-refractivity contribution is -0.120. The highest BCUT2D eigenvalue weighted by atomic mass is 16.1. The summed E-state index contributed by atoms with van der Waals surface area (Å²) in [6, 6.07) is 0. The van der Waals surface area contributed by atoms with Crippen molar-refractivity contribution in [2.24, 2.45) is 5.92 Å². The minimum absolute atomic E-state index is 0.136. The van der Waals surface area contributed by atoms with Gasteiger partial charge in [0.2, 0.25) is 11.9 Å². The molecule has 0 atom stereocenters. The van der Waals surface area contributed by atoms with Crippen molar-refractivity contribution in [3.05, 3.63) is 11.4 Å². The summed E-state index contributed by atoms with van der Waals surface area (Å²) in [6.07, 6.45) is 5.59. The van der Waals surface area contributed by atoms with Crippen molar-refractivity contribution < 1.29 is 4.79 Å². The summed E-state index contributed by atoms with van der Waals surface area (Å²) in [7, 11) is 2.14. The van der Waals surface area contributed by atoms with Crippen LogP contribution in [0.3, 0.4) is 0 Å². The molecule has 1 aromatic rings. The van der Waals surface area contributed by atoms with E-state index in [1.165, 1.54) is 6.42 Å². The maximum Gasteiger partial charge on any atom is 0.227 e. The molecule has 6 nitrogen and oxygen atoms in total. The Labute approximate surface area is 144 Å². The van der Waals surface area contributed by atoms with Gasteiger partial charge in [-0.3, -0.25) is 4.79 Å². The fraction of sp³-hybridized carbons (Fsp3) is 0.722. The first-order valence-corrected chi connectivity index (χ1v) is 9.14. The van der Waals surface area contributed by atoms with E-state index in [2.05, 4.69) is 32.1 Å². The second kappa shape index (κ2) is 7.47. The molecule has 1 aliphatic heterocycles. The molecule has 0 aromatic carbocycles. The topological polar surface area (TPSA) is 61.4 Å². The van der Waals surface area contributed by atoms with E-state index in [0.717, 1.165) is 74.9 Å². The van der Waals surface area contributed by atoms with Crippen molar-refractivity contribution in [1.29, 1.82) is 0 Å². The van der Waals surface area contributed by atoms with E-state index in [-0.39, 0.29) is 11.8 Å². The van der Waals surface area contributed by atoms with Crippen molar-refractivity contribution in [2.45, 2.75) is 46.0 Å². The SMILES string of the molecule is Cc1nc(N2CCN(C)CC2)nc(C)c1NC(=O)C1CCCCC1. The first kappa shape index (κ1) is 17.1. The number of likely N-dealkylation sites (N-methyl/N-ethyl adjacent to an activating group) is 1. The number of rotatable bonds is 3. The number of carbonyl (C=O) groups excluding carboxylic acids is 1. The summed E-state index contributed by atoms with van der Waals surface area (Å²) in [5.74, 6) is 1.07. The molecule has 2 aliphatic rings. The van der Waals surface area contributed by atoms with Gasteiger partial charge in [-0.05, 0) is 33.7 Å². The monoisotopic (exact) mass is 331 g/mol. The van der Waals surface area contributed by atoms with Gasteiger partial charge in [-0.1, -0.05) is 19.3 Å². The summed E-state index contributed by atoms with van der Waals surface area (Å²) in [5.41, 5.74) is 2.52. The van der Waals surface area contributed by atoms with Gasteiger partial charge in [-0.2, -0.15) is 0 Å². The molecule has 1 aromatic heterocycles. The molecule has 2 heterocycles. The number of aromatic nitrogens is 2. The molecule has 1 N–H and O–H groups in total. The molecule has 6 heteroatoms. The summed E-state index contributed by atoms with van der Waals surface area (Å²) in [4.78, 5) is 26.4. The molecule has 2 fully saturated rings. The van der Waals surface area contributed by atoms with E-state index in [1.807, 2.05) is 13.8 Å². The number of hydrogen-bond acceptors (Lipinski definition) is 5. The van der Waals surface area contributed by atoms with Crippen LogP contribution >= 0.6 is 0 Å². The van der Waals surface area contributed by atoms with Gasteiger partial charge in [0.15, 0.2) is 0 Å². The van der Waals surface area contributed by atoms with Gasteiger partial charge in [-0.25, -0.2) is 9.97 Å². The molecule has 132 valence electrons. The van der Waals surface area contributed by atoms with Gasteiger partial charge in [0.1, 0.15) is 0 Å². The minimum atomic E-state index is 0.136. The molecular weight excluding hydrogens is 302 g/mol. The highest BCUT2D eigenvalue weighted by Gasteiger charge is 2.23. The minimum Gasteiger partial charge on any atom is -0.338 e. The predicted molar refractivity (Wildman–Crippen MR) is 96.4 cm³/mol. The Morgan fingerprint density at radius 1 is 1.00 bits per heavy atom. The van der Waals surface area contributed by atoms with Gasteiger partial charge < -0.3 is 15.1 Å². The second-order valence-corrected chi connectivity index (χ2v) is 7.18. The highest BCUT2D eigenvalue weighted by molar-refractivity contribution is 5.93. The van der Waals surface area contributed by atoms with E-state index in [0.29, 0.717) is 0 Å². The van der Waals surface area contributed by atoms with Crippen molar-refractivity contribution in [1.82, 2.24) is 14.9 Å². The van der Waals surface area contributed by atoms with Crippen LogP contribution < -0.4 is 10.2 Å². The fourth-order valence-corrected chi connectivity index (χ4v) is 3.62. The van der Waals surface area contributed by atoms with Gasteiger partial charge in [0, 0.05) is 32.1 Å². The highest BCUT2D eigenvalue weighted by Crippen LogP contribution is 2.27. The molecule has 0 radical (unpaired) electrons. The van der Waals surface area contributed by atoms with Crippen LogP contribution in [0, 0.1) is 19.8 Å². The number of amides is 1. The smallest absolute Gasteiger partial charge is 0.227 e. The Morgan fingerprint density at radius 2 is 1.58 bits per heavy atom. The number of piperazine rings is 1. The molecular formula is C18H29N5O. The van der Waals surface area contributed by atoms with E-state index in [9.17, 15) is 4.79 Å². The first-order chi connectivity index (χ1) is 11.5. The van der Waals surface area contributed by atoms with Gasteiger partial charge >= 0.3 is 0 Å². The van der Waals surface area contributed by atoms with Crippen LogP contribution in [0.15, 0.2) is 0 Å². The van der Waals surface area contributed by atoms with Gasteiger partial charge in [-0.15, -0.1) is 0 Å². The van der Waals surface area contributed by atoms with Crippen LogP contribution in [0.25, 0.3) is 0 Å². The molecule has 3 rings (SSSR count). The largest absolute Gasteiger partial charge is 0.338 e. The number of anilines is 2. The Morgan fingerprint density at radius 3 is 2.17 bits per heavy atom. The maximum atomic E-state index is 12.5. The van der Waals surface area contributed by atoms with Crippen LogP contribution in [0.2, 0.25) is 0 Å². The molecule has 1 aliphatic carbocycles. The predicted octanol–water partition coefficient (Wildman–Crippen LogP) is 2.36. The molecule has 0 spiro atoms. The van der Waals surface area contributed by atoms with Crippen molar-refractivity contribution in [3.63, 3.8) is 0 Å². The van der Waals surface area contributed by atoms with Crippen LogP contribution in [-0.2, 0) is 4.79 Å². The average molecular weight is 331 g/mol. The number of nitrogens with one attached hydrogen (secondary N) is 1. The van der Waals surface area contributed by atoms with Crippen molar-refractivity contribution in [3.8, 4) is 0 Å². The zero-order valence-corrected chi connectivity index (χ0v) is 15.1. The normalized spacial score (nSPS) is 20.2. The third-order valence-corrected chi connectivity index (χ3v) is 5.27. The van der Waals surface area contributed by atoms with Crippen LogP contribution in [0.4, 0.5) is 11.6 Å². The van der Waals surface area contributed by atoms with E-state index >= 15 is 0 Å². The van der Waals surface area contributed by atoms with Crippen LogP contribution in [-0.4, -0.2) is 54.0 Å². The molecule has 0 unspecified atom stereocenters. The van der Waals surface area contributed by atoms with Gasteiger partial charge in [0.05, 0.1) is 17.1 Å². The Bertz CT molecular complexity index is 566. The third kappa shape index (κ3) is 3.86. The summed E-state index contributed by atoms with van der Waals surface area (Å²) < 4.78 is 0. The zero-order chi connectivity index (χ0) is 17.1. The molecule has 1 saturated heterocycles. The summed E-state index contributed by atoms with van der Waals surface area (Å²) >= 11 is 0. The van der Waals surface area contributed by atoms with E-state index < -0.39 is 0 Å². The molecule has 0 bridgehead atoms. The summed E-state index contributed by atoms with van der Waals surface area (Å²) in [5, 5.41) is 3.09. The van der Waals surface area contributed by atoms with Crippen LogP contribution in [0.1, 0.15) is 43.5 Å². The maximum absolute atomic E-state index is 12.5. The zero-order valence-electron chi connectivity index (χ0n) is 15.1. The lowest BCUT2D eigenvalue weighted by atomic mass is 9.88. The van der Waals surface area contributed by atoms with Crippen molar-refractivity contribution in [2.75, 3.05) is 43.4 Å². The average Bonchev–Trinajstić information content (AvgIpc) is 2.59. The Balaban J connectivity index is 1.71. The third-order valence-electron chi connectivity index (χ3n) is 5.27. The fourth-order valence-electron chi connectivity index (χ4n) is 3.62. The van der Waals surface area contributed by atoms with Crippen molar-refractivity contribution >= 4 is 17.5 Å². The lowest BCUT2D eigenvalue weighted by Crippen LogP contribution is -2.45. The van der Waals surface area contributed by atoms with Gasteiger partial charge in [0.25, 0.3) is 0 Å². The molecule has 1 amide bonds. The number of hydrogen-bond donors (Lipinski definition) is 1. The number of carbonyl (C=O) groups is 1. The van der Waals surface area contributed by atoms with E-state index in [4.69, 9.17) is 0 Å². The number of aryl methyl sites for hydroxylation is 2. The lowest BCUT2D eigenvalue weighted by Gasteiger charge is -2.32. The molecule has 1 saturated carbocycles. The van der Waals surface area contributed by atoms with E-state index in [1.54, 1.807) is 0 Å². The quantitative estimate of drug-likeness (QED) is 0.921. The van der Waals surface area contributed by atoms with Crippen LogP contribution in [0.5, 0.6) is 0 Å². The Kier molecular flexibility index (Phi) is 5.33. The summed E-state index contributed by atoms with van der Waals surface area (Å²) in [6.45, 7) is 7.88. The first-order valence-electron chi connectivity index (χ1n) is 9.14. The number of nitrogens with zero attached hydrogens (tertiary/aromatic N) is 4.